The van der Waals surface area contributed by atoms with Crippen LogP contribution in [0.2, 0.25) is 0 Å². The molecule has 2 aromatic carbocycles. The second-order valence-electron chi connectivity index (χ2n) is 8.34. The average molecular weight is 493 g/mol. The predicted octanol–water partition coefficient (Wildman–Crippen LogP) is 3.64. The van der Waals surface area contributed by atoms with Gasteiger partial charge in [-0.1, -0.05) is 24.0 Å². The van der Waals surface area contributed by atoms with Crippen LogP contribution in [0.3, 0.4) is 0 Å². The minimum absolute atomic E-state index is 0.0366. The quantitative estimate of drug-likeness (QED) is 0.373. The molecule has 3 heterocycles. The Hall–Kier alpha value is -5.23. The first-order chi connectivity index (χ1) is 17.9. The summed E-state index contributed by atoms with van der Waals surface area (Å²) < 4.78 is 14.2. The van der Waals surface area contributed by atoms with Crippen molar-refractivity contribution in [3.63, 3.8) is 0 Å². The first-order valence-corrected chi connectivity index (χ1v) is 11.3. The van der Waals surface area contributed by atoms with Crippen LogP contribution in [0.1, 0.15) is 38.7 Å². The molecule has 37 heavy (non-hydrogen) atoms. The number of phenolic OH excluding ortho intramolecular Hbond substituents is 1. The van der Waals surface area contributed by atoms with Crippen molar-refractivity contribution in [3.8, 4) is 17.6 Å². The lowest BCUT2D eigenvalue weighted by atomic mass is 10.0. The van der Waals surface area contributed by atoms with E-state index in [2.05, 4.69) is 27.1 Å². The summed E-state index contributed by atoms with van der Waals surface area (Å²) in [4.78, 5) is 36.3. The molecule has 1 unspecified atom stereocenters. The number of fused-ring (bicyclic) bond motifs is 1. The van der Waals surface area contributed by atoms with Gasteiger partial charge in [-0.25, -0.2) is 14.4 Å². The number of hydrogen-bond acceptors (Lipinski definition) is 6. The molecule has 9 heteroatoms. The van der Waals surface area contributed by atoms with Crippen molar-refractivity contribution in [1.29, 1.82) is 0 Å². The van der Waals surface area contributed by atoms with E-state index in [9.17, 15) is 19.1 Å². The first-order valence-electron chi connectivity index (χ1n) is 11.3. The number of carbonyl (C=O) groups is 2. The van der Waals surface area contributed by atoms with Crippen molar-refractivity contribution < 1.29 is 19.1 Å². The maximum Gasteiger partial charge on any atom is 0.255 e. The summed E-state index contributed by atoms with van der Waals surface area (Å²) in [5.74, 6) is 4.57. The van der Waals surface area contributed by atoms with Gasteiger partial charge in [-0.05, 0) is 60.2 Å². The van der Waals surface area contributed by atoms with E-state index < -0.39 is 23.7 Å². The Bertz CT molecular complexity index is 1560. The normalized spacial score (nSPS) is 12.9. The summed E-state index contributed by atoms with van der Waals surface area (Å²) >= 11 is 0. The number of aromatic nitrogens is 2. The minimum Gasteiger partial charge on any atom is -0.508 e. The van der Waals surface area contributed by atoms with Crippen LogP contribution in [0.15, 0.2) is 79.1 Å². The van der Waals surface area contributed by atoms with Crippen molar-refractivity contribution in [2.24, 2.45) is 0 Å². The van der Waals surface area contributed by atoms with Crippen LogP contribution in [0.5, 0.6) is 5.75 Å². The Morgan fingerprint density at radius 3 is 2.62 bits per heavy atom. The fourth-order valence-corrected chi connectivity index (χ4v) is 4.06. The van der Waals surface area contributed by atoms with Crippen LogP contribution < -0.4 is 11.1 Å². The van der Waals surface area contributed by atoms with Crippen molar-refractivity contribution in [1.82, 2.24) is 14.9 Å². The van der Waals surface area contributed by atoms with Crippen LogP contribution in [0, 0.1) is 17.7 Å². The number of nitrogen functional groups attached to an aromatic ring is 1. The van der Waals surface area contributed by atoms with E-state index in [4.69, 9.17) is 5.73 Å². The number of carbonyl (C=O) groups excluding carboxylic acids is 2. The van der Waals surface area contributed by atoms with Crippen LogP contribution in [-0.2, 0) is 11.3 Å². The molecule has 0 aliphatic carbocycles. The lowest BCUT2D eigenvalue weighted by Crippen LogP contribution is -2.37. The molecule has 0 saturated heterocycles. The molecule has 2 aromatic heterocycles. The summed E-state index contributed by atoms with van der Waals surface area (Å²) in [7, 11) is 0. The molecule has 0 bridgehead atoms. The number of hydrogen-bond donors (Lipinski definition) is 3. The smallest absolute Gasteiger partial charge is 0.255 e. The van der Waals surface area contributed by atoms with Gasteiger partial charge in [0.2, 0.25) is 0 Å². The van der Waals surface area contributed by atoms with Gasteiger partial charge < -0.3 is 21.1 Å². The number of rotatable bonds is 4. The zero-order chi connectivity index (χ0) is 25.9. The fourth-order valence-electron chi connectivity index (χ4n) is 4.06. The van der Waals surface area contributed by atoms with Gasteiger partial charge in [0.05, 0.1) is 0 Å². The number of benzene rings is 2. The zero-order valence-corrected chi connectivity index (χ0v) is 19.4. The lowest BCUT2D eigenvalue weighted by molar-refractivity contribution is -0.120. The topological polar surface area (TPSA) is 121 Å². The van der Waals surface area contributed by atoms with E-state index in [-0.39, 0.29) is 23.7 Å². The van der Waals surface area contributed by atoms with E-state index in [1.165, 1.54) is 11.1 Å². The van der Waals surface area contributed by atoms with Gasteiger partial charge in [-0.2, -0.15) is 0 Å². The Balaban J connectivity index is 1.48. The van der Waals surface area contributed by atoms with Gasteiger partial charge in [0, 0.05) is 41.2 Å². The van der Waals surface area contributed by atoms with Crippen LogP contribution in [-0.4, -0.2) is 31.8 Å². The van der Waals surface area contributed by atoms with E-state index >= 15 is 0 Å². The van der Waals surface area contributed by atoms with Crippen LogP contribution in [0.25, 0.3) is 0 Å². The number of nitrogens with one attached hydrogen (secondary N) is 1. The number of nitrogens with zero attached hydrogens (tertiary/aromatic N) is 3. The van der Waals surface area contributed by atoms with Crippen molar-refractivity contribution in [2.75, 3.05) is 11.1 Å². The number of nitrogens with two attached hydrogens (primary N) is 1. The first kappa shape index (κ1) is 23.5. The predicted molar refractivity (Wildman–Crippen MR) is 135 cm³/mol. The van der Waals surface area contributed by atoms with Gasteiger partial charge in [0.1, 0.15) is 29.2 Å². The van der Waals surface area contributed by atoms with Gasteiger partial charge in [-0.15, -0.1) is 0 Å². The third-order valence-corrected chi connectivity index (χ3v) is 5.84. The highest BCUT2D eigenvalue weighted by molar-refractivity contribution is 6.04. The summed E-state index contributed by atoms with van der Waals surface area (Å²) in [6.07, 6.45) is 3.06. The summed E-state index contributed by atoms with van der Waals surface area (Å²) in [6, 6.07) is 15.5. The highest BCUT2D eigenvalue weighted by atomic mass is 19.1. The number of halogens is 1. The summed E-state index contributed by atoms with van der Waals surface area (Å²) in [5, 5.41) is 13.1. The zero-order valence-electron chi connectivity index (χ0n) is 19.4. The molecule has 0 radical (unpaired) electrons. The molecule has 4 aromatic rings. The number of amides is 2. The Labute approximate surface area is 211 Å². The maximum atomic E-state index is 14.2. The molecular formula is C28H20FN5O3. The van der Waals surface area contributed by atoms with Crippen molar-refractivity contribution in [3.05, 3.63) is 113 Å². The monoisotopic (exact) mass is 493 g/mol. The molecule has 0 spiro atoms. The van der Waals surface area contributed by atoms with Crippen LogP contribution in [0.4, 0.5) is 16.0 Å². The Kier molecular flexibility index (Phi) is 6.22. The number of anilines is 2. The molecule has 0 fully saturated rings. The Morgan fingerprint density at radius 1 is 1.05 bits per heavy atom. The van der Waals surface area contributed by atoms with E-state index in [0.29, 0.717) is 28.1 Å². The van der Waals surface area contributed by atoms with Gasteiger partial charge >= 0.3 is 0 Å². The number of aromatic hydroxyl groups is 1. The second kappa shape index (κ2) is 9.79. The molecule has 8 nitrogen and oxygen atoms in total. The average Bonchev–Trinajstić information content (AvgIpc) is 3.22. The Morgan fingerprint density at radius 2 is 1.86 bits per heavy atom. The molecule has 4 N–H and O–H groups in total. The van der Waals surface area contributed by atoms with Crippen molar-refractivity contribution in [2.45, 2.75) is 12.6 Å². The van der Waals surface area contributed by atoms with Gasteiger partial charge in [0.25, 0.3) is 11.8 Å². The van der Waals surface area contributed by atoms with Crippen LogP contribution >= 0.6 is 0 Å². The standard InChI is InChI=1S/C28H20FN5O3/c29-20-9-10-23(35)22(14-20)26(27(36)33-25-3-1-2-12-31-25)34-16-19-8-6-17(13-21(19)28(34)37)4-5-18-7-11-24(30)32-15-18/h1-3,6-15,26,35H,16H2,(H2,30,32)(H,31,33,36). The number of pyridine rings is 2. The molecule has 1 aliphatic rings. The van der Waals surface area contributed by atoms with Gasteiger partial charge in [0.15, 0.2) is 0 Å². The summed E-state index contributed by atoms with van der Waals surface area (Å²) in [5.41, 5.74) is 7.87. The highest BCUT2D eigenvalue weighted by Crippen LogP contribution is 2.36. The second-order valence-corrected chi connectivity index (χ2v) is 8.34. The molecule has 1 atom stereocenters. The largest absolute Gasteiger partial charge is 0.508 e. The van der Waals surface area contributed by atoms with Gasteiger partial charge in [-0.3, -0.25) is 9.59 Å². The van der Waals surface area contributed by atoms with E-state index in [0.717, 1.165) is 18.2 Å². The maximum absolute atomic E-state index is 14.2. The molecular weight excluding hydrogens is 473 g/mol. The number of phenols is 1. The molecule has 182 valence electrons. The molecule has 0 saturated carbocycles. The van der Waals surface area contributed by atoms with E-state index in [1.807, 2.05) is 0 Å². The SMILES string of the molecule is Nc1ccc(C#Cc2ccc3c(c2)C(=O)N(C(C(=O)Nc2ccccn2)c2cc(F)ccc2O)C3)cn1. The highest BCUT2D eigenvalue weighted by Gasteiger charge is 2.39. The molecule has 1 aliphatic heterocycles. The molecule has 5 rings (SSSR count). The van der Waals surface area contributed by atoms with Crippen molar-refractivity contribution >= 4 is 23.5 Å². The van der Waals surface area contributed by atoms with E-state index in [1.54, 1.807) is 54.7 Å². The fraction of sp³-hybridized carbons (Fsp3) is 0.0714. The summed E-state index contributed by atoms with van der Waals surface area (Å²) in [6.45, 7) is 0.0833. The molecule has 2 amide bonds. The minimum atomic E-state index is -1.31. The lowest BCUT2D eigenvalue weighted by Gasteiger charge is -2.27. The third-order valence-electron chi connectivity index (χ3n) is 5.84. The third kappa shape index (κ3) is 4.94.